The second kappa shape index (κ2) is 5.83. The Morgan fingerprint density at radius 1 is 1.42 bits per heavy atom. The molecule has 0 atom stereocenters. The zero-order chi connectivity index (χ0) is 13.7. The summed E-state index contributed by atoms with van der Waals surface area (Å²) in [6, 6.07) is 7.06. The molecule has 2 rings (SSSR count). The normalized spacial score (nSPS) is 10.1. The van der Waals surface area contributed by atoms with Gasteiger partial charge in [0.2, 0.25) is 0 Å². The molecule has 0 unspecified atom stereocenters. The highest BCUT2D eigenvalue weighted by Crippen LogP contribution is 2.04. The van der Waals surface area contributed by atoms with Crippen molar-refractivity contribution in [3.05, 3.63) is 40.9 Å². The zero-order valence-corrected chi connectivity index (χ0v) is 10.2. The Morgan fingerprint density at radius 3 is 3.00 bits per heavy atom. The van der Waals surface area contributed by atoms with Gasteiger partial charge < -0.3 is 4.74 Å². The lowest BCUT2D eigenvalue weighted by molar-refractivity contribution is -0.142. The van der Waals surface area contributed by atoms with E-state index in [2.05, 4.69) is 10.9 Å². The number of fused-ring (bicyclic) bond motifs is 1. The third kappa shape index (κ3) is 2.99. The highest BCUT2D eigenvalue weighted by molar-refractivity contribution is 5.77. The average molecular weight is 256 g/mol. The van der Waals surface area contributed by atoms with Crippen LogP contribution in [-0.2, 0) is 16.1 Å². The molecule has 0 aliphatic carbocycles. The number of hydrogen-bond acceptors (Lipinski definition) is 4. The van der Waals surface area contributed by atoms with Gasteiger partial charge >= 0.3 is 5.97 Å². The van der Waals surface area contributed by atoms with Gasteiger partial charge in [0.15, 0.2) is 6.61 Å². The first-order valence-electron chi connectivity index (χ1n) is 5.75. The van der Waals surface area contributed by atoms with Crippen LogP contribution in [0.5, 0.6) is 0 Å². The van der Waals surface area contributed by atoms with Crippen LogP contribution in [0.2, 0.25) is 0 Å². The summed E-state index contributed by atoms with van der Waals surface area (Å²) in [6.07, 6.45) is 6.49. The average Bonchev–Trinajstić information content (AvgIpc) is 2.44. The number of carbonyl (C=O) groups excluding carboxylic acids is 1. The van der Waals surface area contributed by atoms with Crippen LogP contribution in [0.25, 0.3) is 10.9 Å². The number of nitrogens with zero attached hydrogens (tertiary/aromatic N) is 2. The van der Waals surface area contributed by atoms with E-state index in [0.29, 0.717) is 10.9 Å². The van der Waals surface area contributed by atoms with E-state index in [0.717, 1.165) is 0 Å². The highest BCUT2D eigenvalue weighted by Gasteiger charge is 2.06. The van der Waals surface area contributed by atoms with E-state index in [1.165, 1.54) is 10.9 Å². The monoisotopic (exact) mass is 256 g/mol. The summed E-state index contributed by atoms with van der Waals surface area (Å²) in [6.45, 7) is 0.170. The number of benzene rings is 1. The van der Waals surface area contributed by atoms with Crippen molar-refractivity contribution in [1.29, 1.82) is 0 Å². The van der Waals surface area contributed by atoms with Gasteiger partial charge in [-0.1, -0.05) is 18.1 Å². The van der Waals surface area contributed by atoms with Crippen LogP contribution in [0.15, 0.2) is 35.4 Å². The van der Waals surface area contributed by atoms with Gasteiger partial charge in [0, 0.05) is 6.54 Å². The van der Waals surface area contributed by atoms with Gasteiger partial charge in [-0.3, -0.25) is 14.2 Å². The molecule has 0 saturated heterocycles. The van der Waals surface area contributed by atoms with E-state index in [1.54, 1.807) is 18.2 Å². The summed E-state index contributed by atoms with van der Waals surface area (Å²) in [4.78, 5) is 27.6. The van der Waals surface area contributed by atoms with E-state index in [1.807, 2.05) is 6.07 Å². The van der Waals surface area contributed by atoms with Crippen LogP contribution >= 0.6 is 0 Å². The van der Waals surface area contributed by atoms with Crippen molar-refractivity contribution in [2.45, 2.75) is 13.0 Å². The first-order valence-corrected chi connectivity index (χ1v) is 5.75. The van der Waals surface area contributed by atoms with Crippen LogP contribution in [0, 0.1) is 12.3 Å². The maximum absolute atomic E-state index is 12.1. The number of ether oxygens (including phenoxy) is 1. The van der Waals surface area contributed by atoms with Crippen LogP contribution < -0.4 is 5.56 Å². The number of carbonyl (C=O) groups is 1. The minimum Gasteiger partial charge on any atom is -0.452 e. The van der Waals surface area contributed by atoms with Crippen molar-refractivity contribution in [3.63, 3.8) is 0 Å². The van der Waals surface area contributed by atoms with Crippen LogP contribution in [0.4, 0.5) is 0 Å². The largest absolute Gasteiger partial charge is 0.452 e. The smallest absolute Gasteiger partial charge is 0.308 e. The maximum Gasteiger partial charge on any atom is 0.308 e. The number of terminal acetylenes is 1. The van der Waals surface area contributed by atoms with Gasteiger partial charge in [0.1, 0.15) is 0 Å². The summed E-state index contributed by atoms with van der Waals surface area (Å²) < 4.78 is 6.12. The predicted molar refractivity (Wildman–Crippen MR) is 70.4 cm³/mol. The summed E-state index contributed by atoms with van der Waals surface area (Å²) in [5.41, 5.74) is 0.467. The Hall–Kier alpha value is -2.61. The van der Waals surface area contributed by atoms with Crippen LogP contribution in [-0.4, -0.2) is 22.1 Å². The molecule has 0 bridgehead atoms. The first-order chi connectivity index (χ1) is 9.22. The molecule has 0 amide bonds. The molecule has 5 heteroatoms. The fourth-order valence-corrected chi connectivity index (χ4v) is 1.67. The fraction of sp³-hybridized carbons (Fsp3) is 0.214. The Balaban J connectivity index is 2.14. The lowest BCUT2D eigenvalue weighted by atomic mass is 10.2. The Kier molecular flexibility index (Phi) is 3.94. The molecule has 0 spiro atoms. The molecule has 2 aromatic rings. The highest BCUT2D eigenvalue weighted by atomic mass is 16.5. The topological polar surface area (TPSA) is 61.2 Å². The molecule has 0 saturated carbocycles. The number of aromatic nitrogens is 2. The van der Waals surface area contributed by atoms with Crippen molar-refractivity contribution in [2.24, 2.45) is 0 Å². The molecule has 5 nitrogen and oxygen atoms in total. The first kappa shape index (κ1) is 12.8. The lowest BCUT2D eigenvalue weighted by Crippen LogP contribution is -2.22. The molecule has 0 aliphatic heterocycles. The van der Waals surface area contributed by atoms with E-state index >= 15 is 0 Å². The summed E-state index contributed by atoms with van der Waals surface area (Å²) in [5.74, 6) is 1.78. The number of aryl methyl sites for hydroxylation is 1. The van der Waals surface area contributed by atoms with Gasteiger partial charge in [-0.15, -0.1) is 6.42 Å². The Bertz CT molecular complexity index is 698. The van der Waals surface area contributed by atoms with Crippen molar-refractivity contribution < 1.29 is 9.53 Å². The number of para-hydroxylation sites is 1. The van der Waals surface area contributed by atoms with Crippen LogP contribution in [0.3, 0.4) is 0 Å². The summed E-state index contributed by atoms with van der Waals surface area (Å²) in [7, 11) is 0. The fourth-order valence-electron chi connectivity index (χ4n) is 1.67. The summed E-state index contributed by atoms with van der Waals surface area (Å²) >= 11 is 0. The minimum atomic E-state index is -0.432. The molecule has 0 aliphatic rings. The SMILES string of the molecule is C#CCOC(=O)CCn1cnc2ccccc2c1=O. The van der Waals surface area contributed by atoms with Crippen LogP contribution in [0.1, 0.15) is 6.42 Å². The van der Waals surface area contributed by atoms with E-state index in [9.17, 15) is 9.59 Å². The number of hydrogen-bond donors (Lipinski definition) is 0. The van der Waals surface area contributed by atoms with Crippen molar-refractivity contribution in [3.8, 4) is 12.3 Å². The molecule has 1 heterocycles. The molecule has 96 valence electrons. The molecular weight excluding hydrogens is 244 g/mol. The quantitative estimate of drug-likeness (QED) is 0.604. The lowest BCUT2D eigenvalue weighted by Gasteiger charge is -2.05. The molecule has 1 aromatic heterocycles. The number of rotatable bonds is 4. The maximum atomic E-state index is 12.1. The standard InChI is InChI=1S/C14H12N2O3/c1-2-9-19-13(17)7-8-16-10-15-12-6-4-3-5-11(12)14(16)18/h1,3-6,10H,7-9H2. The second-order valence-electron chi connectivity index (χ2n) is 3.88. The third-order valence-corrected chi connectivity index (χ3v) is 2.60. The molecular formula is C14H12N2O3. The molecule has 1 aromatic carbocycles. The zero-order valence-electron chi connectivity index (χ0n) is 10.2. The molecule has 0 radical (unpaired) electrons. The Labute approximate surface area is 109 Å². The van der Waals surface area contributed by atoms with Gasteiger partial charge in [-0.05, 0) is 12.1 Å². The molecule has 19 heavy (non-hydrogen) atoms. The Morgan fingerprint density at radius 2 is 2.21 bits per heavy atom. The van der Waals surface area contributed by atoms with E-state index in [4.69, 9.17) is 11.2 Å². The summed E-state index contributed by atoms with van der Waals surface area (Å²) in [5, 5.41) is 0.530. The third-order valence-electron chi connectivity index (χ3n) is 2.60. The van der Waals surface area contributed by atoms with E-state index in [-0.39, 0.29) is 25.1 Å². The van der Waals surface area contributed by atoms with Gasteiger partial charge in [-0.25, -0.2) is 4.98 Å². The van der Waals surface area contributed by atoms with Gasteiger partial charge in [0.05, 0.1) is 23.7 Å². The van der Waals surface area contributed by atoms with Gasteiger partial charge in [-0.2, -0.15) is 0 Å². The number of esters is 1. The van der Waals surface area contributed by atoms with Gasteiger partial charge in [0.25, 0.3) is 5.56 Å². The predicted octanol–water partition coefficient (Wildman–Crippen LogP) is 0.963. The van der Waals surface area contributed by atoms with Crippen molar-refractivity contribution in [1.82, 2.24) is 9.55 Å². The van der Waals surface area contributed by atoms with Crippen molar-refractivity contribution in [2.75, 3.05) is 6.61 Å². The molecule has 0 N–H and O–H groups in total. The van der Waals surface area contributed by atoms with Crippen molar-refractivity contribution >= 4 is 16.9 Å². The molecule has 0 fully saturated rings. The minimum absolute atomic E-state index is 0.0519. The second-order valence-corrected chi connectivity index (χ2v) is 3.88. The van der Waals surface area contributed by atoms with E-state index < -0.39 is 5.97 Å².